The van der Waals surface area contributed by atoms with E-state index in [4.69, 9.17) is 20.8 Å². The summed E-state index contributed by atoms with van der Waals surface area (Å²) in [5.74, 6) is 0.0663. The van der Waals surface area contributed by atoms with E-state index < -0.39 is 5.91 Å². The molecule has 0 aliphatic heterocycles. The van der Waals surface area contributed by atoms with Crippen LogP contribution in [-0.4, -0.2) is 17.2 Å². The fourth-order valence-corrected chi connectivity index (χ4v) is 2.63. The van der Waals surface area contributed by atoms with E-state index in [2.05, 4.69) is 10.5 Å². The third-order valence-corrected chi connectivity index (χ3v) is 4.17. The van der Waals surface area contributed by atoms with Gasteiger partial charge in [-0.15, -0.1) is 0 Å². The van der Waals surface area contributed by atoms with E-state index in [0.29, 0.717) is 16.7 Å². The highest BCUT2D eigenvalue weighted by atomic mass is 35.5. The molecule has 0 aliphatic rings. The second-order valence-electron chi connectivity index (χ2n) is 5.70. The zero-order valence-electron chi connectivity index (χ0n) is 14.5. The van der Waals surface area contributed by atoms with Crippen LogP contribution in [0.5, 0.6) is 11.7 Å². The zero-order valence-corrected chi connectivity index (χ0v) is 15.2. The molecule has 0 saturated carbocycles. The summed E-state index contributed by atoms with van der Waals surface area (Å²) < 4.78 is 11.1. The molecule has 0 bridgehead atoms. The van der Waals surface area contributed by atoms with Crippen molar-refractivity contribution in [2.45, 2.75) is 13.5 Å². The van der Waals surface area contributed by atoms with Gasteiger partial charge in [-0.3, -0.25) is 4.79 Å². The SMILES string of the molecule is Cc1cccc(Cl)c1COc1ccc(/C=N\NC(=O)c2ccccc2O)o1. The van der Waals surface area contributed by atoms with Crippen LogP contribution < -0.4 is 10.2 Å². The predicted molar refractivity (Wildman–Crippen MR) is 102 cm³/mol. The number of phenols is 1. The van der Waals surface area contributed by atoms with Gasteiger partial charge in [0.25, 0.3) is 11.9 Å². The zero-order chi connectivity index (χ0) is 19.2. The molecule has 0 saturated heterocycles. The van der Waals surface area contributed by atoms with Crippen LogP contribution in [0.25, 0.3) is 0 Å². The number of rotatable bonds is 6. The van der Waals surface area contributed by atoms with Crippen molar-refractivity contribution in [3.63, 3.8) is 0 Å². The number of nitrogens with one attached hydrogen (secondary N) is 1. The minimum absolute atomic E-state index is 0.117. The number of hydrazone groups is 1. The Morgan fingerprint density at radius 3 is 2.81 bits per heavy atom. The molecule has 3 aromatic rings. The first-order valence-electron chi connectivity index (χ1n) is 8.12. The molecule has 0 atom stereocenters. The van der Waals surface area contributed by atoms with Crippen LogP contribution in [0.15, 0.2) is 64.1 Å². The highest BCUT2D eigenvalue weighted by Crippen LogP contribution is 2.23. The Morgan fingerprint density at radius 1 is 1.22 bits per heavy atom. The average Bonchev–Trinajstić information content (AvgIpc) is 3.09. The quantitative estimate of drug-likeness (QED) is 0.490. The molecule has 0 radical (unpaired) electrons. The Bertz CT molecular complexity index is 961. The minimum atomic E-state index is -0.526. The Kier molecular flexibility index (Phi) is 5.78. The smallest absolute Gasteiger partial charge is 0.285 e. The number of ether oxygens (including phenoxy) is 1. The van der Waals surface area contributed by atoms with Crippen molar-refractivity contribution >= 4 is 23.7 Å². The van der Waals surface area contributed by atoms with Gasteiger partial charge >= 0.3 is 0 Å². The van der Waals surface area contributed by atoms with Crippen LogP contribution in [0.2, 0.25) is 5.02 Å². The van der Waals surface area contributed by atoms with Gasteiger partial charge in [0.1, 0.15) is 12.4 Å². The molecule has 0 aliphatic carbocycles. The first-order chi connectivity index (χ1) is 13.0. The molecule has 2 aromatic carbocycles. The number of para-hydroxylation sites is 1. The maximum absolute atomic E-state index is 11.9. The molecular formula is C20H17ClN2O4. The summed E-state index contributed by atoms with van der Waals surface area (Å²) in [7, 11) is 0. The van der Waals surface area contributed by atoms with Crippen molar-refractivity contribution in [2.24, 2.45) is 5.10 Å². The van der Waals surface area contributed by atoms with E-state index in [1.165, 1.54) is 18.3 Å². The first-order valence-corrected chi connectivity index (χ1v) is 8.50. The summed E-state index contributed by atoms with van der Waals surface area (Å²) in [6.07, 6.45) is 1.34. The third-order valence-electron chi connectivity index (χ3n) is 3.82. The Balaban J connectivity index is 1.57. The predicted octanol–water partition coefficient (Wildman–Crippen LogP) is 4.29. The number of amides is 1. The number of phenolic OH excluding ortho intramolecular Hbond substituents is 1. The summed E-state index contributed by atoms with van der Waals surface area (Å²) in [5, 5.41) is 14.1. The normalized spacial score (nSPS) is 10.9. The lowest BCUT2D eigenvalue weighted by atomic mass is 10.1. The van der Waals surface area contributed by atoms with E-state index in [1.54, 1.807) is 30.3 Å². The van der Waals surface area contributed by atoms with Crippen molar-refractivity contribution in [2.75, 3.05) is 0 Å². The Hall–Kier alpha value is -3.25. The fraction of sp³-hybridized carbons (Fsp3) is 0.100. The van der Waals surface area contributed by atoms with Gasteiger partial charge < -0.3 is 14.3 Å². The van der Waals surface area contributed by atoms with Gasteiger partial charge in [0.05, 0.1) is 11.8 Å². The molecule has 138 valence electrons. The maximum Gasteiger partial charge on any atom is 0.285 e. The van der Waals surface area contributed by atoms with Crippen LogP contribution in [0, 0.1) is 6.92 Å². The van der Waals surface area contributed by atoms with Crippen molar-refractivity contribution in [3.05, 3.63) is 82.1 Å². The number of furan rings is 1. The topological polar surface area (TPSA) is 84.1 Å². The second-order valence-corrected chi connectivity index (χ2v) is 6.10. The molecular weight excluding hydrogens is 368 g/mol. The van der Waals surface area contributed by atoms with E-state index in [0.717, 1.165) is 11.1 Å². The van der Waals surface area contributed by atoms with Gasteiger partial charge in [-0.05, 0) is 36.8 Å². The number of nitrogens with zero attached hydrogens (tertiary/aromatic N) is 1. The Morgan fingerprint density at radius 2 is 2.04 bits per heavy atom. The van der Waals surface area contributed by atoms with Crippen molar-refractivity contribution in [1.82, 2.24) is 5.43 Å². The van der Waals surface area contributed by atoms with Crippen LogP contribution in [0.4, 0.5) is 0 Å². The number of halogens is 1. The van der Waals surface area contributed by atoms with Crippen LogP contribution in [-0.2, 0) is 6.61 Å². The van der Waals surface area contributed by atoms with Crippen LogP contribution in [0.3, 0.4) is 0 Å². The molecule has 0 unspecified atom stereocenters. The summed E-state index contributed by atoms with van der Waals surface area (Å²) in [6, 6.07) is 15.2. The van der Waals surface area contributed by atoms with Gasteiger partial charge in [-0.1, -0.05) is 35.9 Å². The highest BCUT2D eigenvalue weighted by molar-refractivity contribution is 6.31. The monoisotopic (exact) mass is 384 g/mol. The van der Waals surface area contributed by atoms with Gasteiger partial charge in [0.2, 0.25) is 0 Å². The molecule has 1 amide bonds. The molecule has 7 heteroatoms. The lowest BCUT2D eigenvalue weighted by Gasteiger charge is -2.08. The number of aryl methyl sites for hydroxylation is 1. The van der Waals surface area contributed by atoms with Crippen molar-refractivity contribution in [3.8, 4) is 11.7 Å². The van der Waals surface area contributed by atoms with Crippen molar-refractivity contribution in [1.29, 1.82) is 0 Å². The van der Waals surface area contributed by atoms with Gasteiger partial charge in [-0.2, -0.15) is 5.10 Å². The molecule has 1 aromatic heterocycles. The van der Waals surface area contributed by atoms with Gasteiger partial charge in [0.15, 0.2) is 5.76 Å². The fourth-order valence-electron chi connectivity index (χ4n) is 2.35. The largest absolute Gasteiger partial charge is 0.507 e. The van der Waals surface area contributed by atoms with E-state index in [9.17, 15) is 9.90 Å². The standard InChI is InChI=1S/C20H17ClN2O4/c1-13-5-4-7-17(21)16(13)12-26-19-10-9-14(27-19)11-22-23-20(25)15-6-2-3-8-18(15)24/h2-11,24H,12H2,1H3,(H,23,25)/b22-11-. The first kappa shape index (κ1) is 18.5. The highest BCUT2D eigenvalue weighted by Gasteiger charge is 2.09. The lowest BCUT2D eigenvalue weighted by Crippen LogP contribution is -2.17. The Labute approximate surface area is 161 Å². The van der Waals surface area contributed by atoms with Crippen molar-refractivity contribution < 1.29 is 19.1 Å². The number of carbonyl (C=O) groups excluding carboxylic acids is 1. The lowest BCUT2D eigenvalue weighted by molar-refractivity contribution is 0.0952. The summed E-state index contributed by atoms with van der Waals surface area (Å²) in [6.45, 7) is 2.23. The molecule has 0 fully saturated rings. The van der Waals surface area contributed by atoms with Crippen LogP contribution >= 0.6 is 11.6 Å². The second kappa shape index (κ2) is 8.42. The average molecular weight is 385 g/mol. The molecule has 2 N–H and O–H groups in total. The third kappa shape index (κ3) is 4.68. The van der Waals surface area contributed by atoms with Gasteiger partial charge in [0, 0.05) is 16.7 Å². The van der Waals surface area contributed by atoms with E-state index in [1.807, 2.05) is 19.1 Å². The number of hydrogen-bond acceptors (Lipinski definition) is 5. The molecule has 0 spiro atoms. The van der Waals surface area contributed by atoms with E-state index in [-0.39, 0.29) is 17.9 Å². The summed E-state index contributed by atoms with van der Waals surface area (Å²) in [4.78, 5) is 11.9. The van der Waals surface area contributed by atoms with Gasteiger partial charge in [-0.25, -0.2) is 5.43 Å². The maximum atomic E-state index is 11.9. The van der Waals surface area contributed by atoms with E-state index >= 15 is 0 Å². The number of hydrogen-bond donors (Lipinski definition) is 2. The molecule has 6 nitrogen and oxygen atoms in total. The van der Waals surface area contributed by atoms with Crippen LogP contribution in [0.1, 0.15) is 27.2 Å². The number of aromatic hydroxyl groups is 1. The minimum Gasteiger partial charge on any atom is -0.507 e. The summed E-state index contributed by atoms with van der Waals surface area (Å²) >= 11 is 6.17. The molecule has 27 heavy (non-hydrogen) atoms. The number of benzene rings is 2. The molecule has 3 rings (SSSR count). The summed E-state index contributed by atoms with van der Waals surface area (Å²) in [5.41, 5.74) is 4.38. The number of carbonyl (C=O) groups is 1. The molecule has 1 heterocycles.